The fraction of sp³-hybridized carbons (Fsp3) is 0.640. The number of hydrogen-bond donors (Lipinski definition) is 0. The normalized spacial score (nSPS) is 33.3. The minimum atomic E-state index is -1.05. The fourth-order valence-electron chi connectivity index (χ4n) is 6.62. The number of piperidine rings is 1. The van der Waals surface area contributed by atoms with Crippen LogP contribution < -0.4 is 0 Å². The van der Waals surface area contributed by atoms with Crippen LogP contribution in [0, 0.1) is 11.8 Å². The minimum Gasteiger partial charge on any atom is -0.468 e. The summed E-state index contributed by atoms with van der Waals surface area (Å²) in [7, 11) is 2.93. The van der Waals surface area contributed by atoms with Crippen LogP contribution >= 0.6 is 11.8 Å². The summed E-state index contributed by atoms with van der Waals surface area (Å²) in [6, 6.07) is 8.22. The van der Waals surface area contributed by atoms with Crippen LogP contribution in [-0.4, -0.2) is 59.1 Å². The third-order valence-electron chi connectivity index (χ3n) is 8.10. The summed E-state index contributed by atoms with van der Waals surface area (Å²) in [4.78, 5) is 44.2. The quantitative estimate of drug-likeness (QED) is 0.507. The van der Waals surface area contributed by atoms with E-state index in [1.165, 1.54) is 49.0 Å². The molecule has 0 aromatic heterocycles. The number of fused-ring (bicyclic) bond motifs is 3. The number of methoxy groups -OCH3 is 1. The molecule has 2 amide bonds. The summed E-state index contributed by atoms with van der Waals surface area (Å²) < 4.78 is 5.24. The average Bonchev–Trinajstić information content (AvgIpc) is 3.26. The van der Waals surface area contributed by atoms with Gasteiger partial charge in [0.2, 0.25) is 11.8 Å². The molecule has 3 aliphatic heterocycles. The van der Waals surface area contributed by atoms with Gasteiger partial charge in [0.15, 0.2) is 0 Å². The molecule has 3 heterocycles. The van der Waals surface area contributed by atoms with Crippen molar-refractivity contribution >= 4 is 29.5 Å². The smallest absolute Gasteiger partial charge is 0.327 e. The van der Waals surface area contributed by atoms with Gasteiger partial charge in [-0.15, -0.1) is 11.8 Å². The van der Waals surface area contributed by atoms with Crippen molar-refractivity contribution in [2.24, 2.45) is 11.8 Å². The van der Waals surface area contributed by atoms with E-state index >= 15 is 0 Å². The van der Waals surface area contributed by atoms with Gasteiger partial charge in [0.05, 0.1) is 18.9 Å². The van der Waals surface area contributed by atoms with Gasteiger partial charge < -0.3 is 4.74 Å². The van der Waals surface area contributed by atoms with Crippen LogP contribution in [0.3, 0.4) is 0 Å². The number of amides is 2. The van der Waals surface area contributed by atoms with E-state index in [0.29, 0.717) is 18.2 Å². The molecular formula is C25H32N2O4S. The number of carbonyl (C=O) groups excluding carboxylic acids is 3. The van der Waals surface area contributed by atoms with Gasteiger partial charge in [0, 0.05) is 23.2 Å². The van der Waals surface area contributed by atoms with Crippen molar-refractivity contribution < 1.29 is 19.1 Å². The minimum absolute atomic E-state index is 0.177. The van der Waals surface area contributed by atoms with Crippen molar-refractivity contribution in [3.8, 4) is 0 Å². The van der Waals surface area contributed by atoms with Crippen LogP contribution in [-0.2, 0) is 19.1 Å². The van der Waals surface area contributed by atoms with Crippen molar-refractivity contribution in [1.82, 2.24) is 9.80 Å². The summed E-state index contributed by atoms with van der Waals surface area (Å²) >= 11 is 1.95. The Morgan fingerprint density at radius 2 is 1.75 bits per heavy atom. The molecule has 3 saturated heterocycles. The highest BCUT2D eigenvalue weighted by atomic mass is 32.2. The first-order valence-electron chi connectivity index (χ1n) is 11.9. The van der Waals surface area contributed by atoms with E-state index < -0.39 is 17.4 Å². The zero-order chi connectivity index (χ0) is 22.5. The Bertz CT molecular complexity index is 913. The van der Waals surface area contributed by atoms with Gasteiger partial charge in [-0.05, 0) is 56.3 Å². The number of ether oxygens (including phenoxy) is 1. The predicted molar refractivity (Wildman–Crippen MR) is 122 cm³/mol. The Labute approximate surface area is 194 Å². The monoisotopic (exact) mass is 456 g/mol. The lowest BCUT2D eigenvalue weighted by atomic mass is 9.75. The first-order valence-corrected chi connectivity index (χ1v) is 12.8. The molecule has 0 radical (unpaired) electrons. The molecule has 0 spiro atoms. The average molecular weight is 457 g/mol. The summed E-state index contributed by atoms with van der Waals surface area (Å²) in [5, 5.41) is 0.683. The second kappa shape index (κ2) is 8.49. The van der Waals surface area contributed by atoms with Crippen LogP contribution in [0.15, 0.2) is 29.2 Å². The summed E-state index contributed by atoms with van der Waals surface area (Å²) in [5.41, 5.74) is -0.0351. The highest BCUT2D eigenvalue weighted by Gasteiger charge is 2.72. The zero-order valence-corrected chi connectivity index (χ0v) is 19.7. The van der Waals surface area contributed by atoms with Crippen molar-refractivity contribution in [2.75, 3.05) is 20.7 Å². The first kappa shape index (κ1) is 22.0. The molecular weight excluding hydrogens is 424 g/mol. The number of nitrogens with zero attached hydrogens (tertiary/aromatic N) is 2. The number of rotatable bonds is 4. The first-order chi connectivity index (χ1) is 15.5. The lowest BCUT2D eigenvalue weighted by molar-refractivity contribution is -0.163. The third-order valence-corrected chi connectivity index (χ3v) is 9.45. The predicted octanol–water partition coefficient (Wildman–Crippen LogP) is 3.79. The molecule has 172 valence electrons. The highest BCUT2D eigenvalue weighted by molar-refractivity contribution is 8.00. The largest absolute Gasteiger partial charge is 0.468 e. The molecule has 7 heteroatoms. The van der Waals surface area contributed by atoms with Crippen LogP contribution in [0.25, 0.3) is 0 Å². The molecule has 6 nitrogen and oxygen atoms in total. The maximum absolute atomic E-state index is 13.2. The number of thioether (sulfide) groups is 1. The topological polar surface area (TPSA) is 66.9 Å². The number of benzene rings is 1. The van der Waals surface area contributed by atoms with Crippen LogP contribution in [0.4, 0.5) is 0 Å². The van der Waals surface area contributed by atoms with Gasteiger partial charge in [-0.1, -0.05) is 31.4 Å². The standard InChI is InChI=1S/C25H32N2O4S/c1-26-22(28)19-20(23(26)29)25(24(30)31-2)14-6-7-15-27(25)21(19)16-10-12-18(13-11-16)32-17-8-4-3-5-9-17/h10-13,17,19-21H,3-9,14-15H2,1-2H3/t19?,20?,21?,25-/m0/s1. The molecule has 0 N–H and O–H groups in total. The van der Waals surface area contributed by atoms with Crippen LogP contribution in [0.2, 0.25) is 0 Å². The fourth-order valence-corrected chi connectivity index (χ4v) is 7.87. The molecule has 1 aromatic carbocycles. The Hall–Kier alpha value is -1.86. The molecule has 0 bridgehead atoms. The Balaban J connectivity index is 1.50. The van der Waals surface area contributed by atoms with Crippen LogP contribution in [0.1, 0.15) is 63.0 Å². The summed E-state index contributed by atoms with van der Waals surface area (Å²) in [5.74, 6) is -2.01. The Kier molecular flexibility index (Phi) is 5.82. The van der Waals surface area contributed by atoms with E-state index in [1.807, 2.05) is 11.8 Å². The van der Waals surface area contributed by atoms with Gasteiger partial charge >= 0.3 is 5.97 Å². The second-order valence-corrected chi connectivity index (χ2v) is 11.1. The van der Waals surface area contributed by atoms with Gasteiger partial charge in [-0.25, -0.2) is 0 Å². The van der Waals surface area contributed by atoms with E-state index in [-0.39, 0.29) is 23.8 Å². The van der Waals surface area contributed by atoms with E-state index in [1.54, 1.807) is 7.05 Å². The molecule has 3 unspecified atom stereocenters. The van der Waals surface area contributed by atoms with Crippen molar-refractivity contribution in [1.29, 1.82) is 0 Å². The van der Waals surface area contributed by atoms with Crippen molar-refractivity contribution in [2.45, 2.75) is 73.1 Å². The molecule has 1 aromatic rings. The molecule has 4 aliphatic rings. The van der Waals surface area contributed by atoms with Crippen molar-refractivity contribution in [3.05, 3.63) is 29.8 Å². The van der Waals surface area contributed by atoms with Gasteiger partial charge in [-0.3, -0.25) is 24.2 Å². The Morgan fingerprint density at radius 1 is 1.03 bits per heavy atom. The van der Waals surface area contributed by atoms with E-state index in [0.717, 1.165) is 18.4 Å². The lowest BCUT2D eigenvalue weighted by Gasteiger charge is -2.44. The van der Waals surface area contributed by atoms with Crippen molar-refractivity contribution in [3.63, 3.8) is 0 Å². The highest BCUT2D eigenvalue weighted by Crippen LogP contribution is 2.58. The number of likely N-dealkylation sites (tertiary alicyclic amines) is 1. The number of carbonyl (C=O) groups is 3. The molecule has 4 fully saturated rings. The molecule has 32 heavy (non-hydrogen) atoms. The molecule has 1 saturated carbocycles. The van der Waals surface area contributed by atoms with Gasteiger partial charge in [-0.2, -0.15) is 0 Å². The maximum atomic E-state index is 13.2. The third kappa shape index (κ3) is 3.23. The number of esters is 1. The Morgan fingerprint density at radius 3 is 2.44 bits per heavy atom. The number of hydrogen-bond acceptors (Lipinski definition) is 6. The molecule has 1 aliphatic carbocycles. The molecule has 5 rings (SSSR count). The number of imide groups is 1. The maximum Gasteiger partial charge on any atom is 0.327 e. The van der Waals surface area contributed by atoms with Gasteiger partial charge in [0.1, 0.15) is 5.54 Å². The SMILES string of the molecule is COC(=O)[C@@]12CCCCN1C(c1ccc(SC3CCCCC3)cc1)C1C(=O)N(C)C(=O)C12. The zero-order valence-electron chi connectivity index (χ0n) is 18.9. The lowest BCUT2D eigenvalue weighted by Crippen LogP contribution is -2.59. The van der Waals surface area contributed by atoms with Gasteiger partial charge in [0.25, 0.3) is 0 Å². The van der Waals surface area contributed by atoms with E-state index in [9.17, 15) is 14.4 Å². The molecule has 4 atom stereocenters. The summed E-state index contributed by atoms with van der Waals surface area (Å²) in [6.07, 6.45) is 8.88. The summed E-state index contributed by atoms with van der Waals surface area (Å²) in [6.45, 7) is 0.690. The van der Waals surface area contributed by atoms with Crippen LogP contribution in [0.5, 0.6) is 0 Å². The second-order valence-electron chi connectivity index (χ2n) is 9.70. The van der Waals surface area contributed by atoms with E-state index in [4.69, 9.17) is 4.74 Å². The van der Waals surface area contributed by atoms with E-state index in [2.05, 4.69) is 29.2 Å².